The lowest BCUT2D eigenvalue weighted by molar-refractivity contribution is 0.135. The molecule has 0 saturated carbocycles. The Balaban J connectivity index is 2.45. The number of hydrogen-bond donors (Lipinski definition) is 0. The van der Waals surface area contributed by atoms with Gasteiger partial charge in [-0.05, 0) is 13.8 Å². The lowest BCUT2D eigenvalue weighted by Crippen LogP contribution is -2.26. The van der Waals surface area contributed by atoms with E-state index in [9.17, 15) is 0 Å². The van der Waals surface area contributed by atoms with Crippen LogP contribution in [-0.2, 0) is 6.54 Å². The van der Waals surface area contributed by atoms with Crippen molar-refractivity contribution in [3.8, 4) is 18.2 Å². The molecule has 2 rings (SSSR count). The molecule has 0 N–H and O–H groups in total. The third kappa shape index (κ3) is 0.884. The summed E-state index contributed by atoms with van der Waals surface area (Å²) < 4.78 is 7.42. The zero-order valence-electron chi connectivity index (χ0n) is 7.16. The first-order valence-electron chi connectivity index (χ1n) is 3.84. The Morgan fingerprint density at radius 3 is 3.17 bits per heavy atom. The first-order valence-corrected chi connectivity index (χ1v) is 3.84. The Labute approximate surface area is 71.3 Å². The van der Waals surface area contributed by atoms with Crippen LogP contribution in [0, 0.1) is 12.3 Å². The summed E-state index contributed by atoms with van der Waals surface area (Å²) in [5.41, 5.74) is 0.565. The van der Waals surface area contributed by atoms with Crippen molar-refractivity contribution in [2.24, 2.45) is 0 Å². The van der Waals surface area contributed by atoms with Crippen LogP contribution in [0.2, 0.25) is 0 Å². The van der Waals surface area contributed by atoms with Crippen LogP contribution in [-0.4, -0.2) is 15.4 Å². The number of nitrogens with zero attached hydrogens (tertiary/aromatic N) is 2. The molecular weight excluding hydrogens is 152 g/mol. The van der Waals surface area contributed by atoms with E-state index in [2.05, 4.69) is 11.0 Å². The average molecular weight is 162 g/mol. The second-order valence-corrected chi connectivity index (χ2v) is 3.53. The molecule has 12 heavy (non-hydrogen) atoms. The summed E-state index contributed by atoms with van der Waals surface area (Å²) in [6.07, 6.45) is 6.93. The fourth-order valence-corrected chi connectivity index (χ4v) is 1.35. The maximum atomic E-state index is 5.61. The van der Waals surface area contributed by atoms with Crippen molar-refractivity contribution in [1.29, 1.82) is 0 Å². The molecule has 1 aliphatic rings. The molecule has 0 atom stereocenters. The van der Waals surface area contributed by atoms with Gasteiger partial charge in [0.1, 0.15) is 11.2 Å². The van der Waals surface area contributed by atoms with Crippen LogP contribution in [0.1, 0.15) is 19.4 Å². The molecule has 1 aromatic heterocycles. The van der Waals surface area contributed by atoms with E-state index >= 15 is 0 Å². The third-order valence-electron chi connectivity index (χ3n) is 1.85. The third-order valence-corrected chi connectivity index (χ3v) is 1.85. The first kappa shape index (κ1) is 7.23. The van der Waals surface area contributed by atoms with Gasteiger partial charge in [-0.1, -0.05) is 5.92 Å². The standard InChI is InChI=1S/C9H10N2O/c1-4-7-5-10-11-6-9(2,3)12-8(7)11/h1,5H,6H2,2-3H3. The summed E-state index contributed by atoms with van der Waals surface area (Å²) in [5, 5.41) is 4.11. The topological polar surface area (TPSA) is 27.1 Å². The molecule has 0 bridgehead atoms. The number of hydrogen-bond acceptors (Lipinski definition) is 2. The van der Waals surface area contributed by atoms with Crippen LogP contribution in [0.4, 0.5) is 0 Å². The highest BCUT2D eigenvalue weighted by atomic mass is 16.5. The van der Waals surface area contributed by atoms with Gasteiger partial charge in [-0.25, -0.2) is 4.68 Å². The highest BCUT2D eigenvalue weighted by molar-refractivity contribution is 5.40. The quantitative estimate of drug-likeness (QED) is 0.533. The zero-order valence-corrected chi connectivity index (χ0v) is 7.16. The molecule has 1 aromatic rings. The highest BCUT2D eigenvalue weighted by Gasteiger charge is 2.32. The number of ether oxygens (including phenoxy) is 1. The number of fused-ring (bicyclic) bond motifs is 1. The summed E-state index contributed by atoms with van der Waals surface area (Å²) >= 11 is 0. The monoisotopic (exact) mass is 162 g/mol. The van der Waals surface area contributed by atoms with E-state index in [0.717, 1.165) is 18.0 Å². The smallest absolute Gasteiger partial charge is 0.228 e. The van der Waals surface area contributed by atoms with Gasteiger partial charge in [-0.3, -0.25) is 0 Å². The molecule has 3 heteroatoms. The van der Waals surface area contributed by atoms with Crippen molar-refractivity contribution in [3.63, 3.8) is 0 Å². The maximum absolute atomic E-state index is 5.61. The Hall–Kier alpha value is -1.43. The Kier molecular flexibility index (Phi) is 1.23. The molecule has 0 radical (unpaired) electrons. The van der Waals surface area contributed by atoms with Crippen LogP contribution in [0.25, 0.3) is 0 Å². The van der Waals surface area contributed by atoms with Crippen LogP contribution in [0.5, 0.6) is 5.88 Å². The minimum absolute atomic E-state index is 0.171. The van der Waals surface area contributed by atoms with E-state index in [-0.39, 0.29) is 5.60 Å². The van der Waals surface area contributed by atoms with E-state index in [4.69, 9.17) is 11.2 Å². The molecular formula is C9H10N2O. The summed E-state index contributed by atoms with van der Waals surface area (Å²) in [6, 6.07) is 0. The van der Waals surface area contributed by atoms with Crippen molar-refractivity contribution < 1.29 is 4.74 Å². The molecule has 62 valence electrons. The minimum atomic E-state index is -0.171. The first-order chi connectivity index (χ1) is 5.62. The van der Waals surface area contributed by atoms with Crippen LogP contribution in [0.3, 0.4) is 0 Å². The molecule has 0 saturated heterocycles. The van der Waals surface area contributed by atoms with Gasteiger partial charge in [0.05, 0.1) is 12.7 Å². The van der Waals surface area contributed by atoms with E-state index < -0.39 is 0 Å². The second-order valence-electron chi connectivity index (χ2n) is 3.53. The van der Waals surface area contributed by atoms with Gasteiger partial charge in [0.25, 0.3) is 0 Å². The second kappa shape index (κ2) is 2.04. The molecule has 0 fully saturated rings. The van der Waals surface area contributed by atoms with Crippen molar-refractivity contribution in [2.75, 3.05) is 0 Å². The summed E-state index contributed by atoms with van der Waals surface area (Å²) in [4.78, 5) is 0. The van der Waals surface area contributed by atoms with Gasteiger partial charge >= 0.3 is 0 Å². The van der Waals surface area contributed by atoms with Crippen molar-refractivity contribution in [2.45, 2.75) is 26.0 Å². The van der Waals surface area contributed by atoms with Crippen molar-refractivity contribution >= 4 is 0 Å². The normalized spacial score (nSPS) is 18.1. The van der Waals surface area contributed by atoms with Crippen LogP contribution >= 0.6 is 0 Å². The lowest BCUT2D eigenvalue weighted by Gasteiger charge is -2.15. The van der Waals surface area contributed by atoms with Crippen LogP contribution in [0.15, 0.2) is 6.20 Å². The predicted octanol–water partition coefficient (Wildman–Crippen LogP) is 1.04. The fourth-order valence-electron chi connectivity index (χ4n) is 1.35. The summed E-state index contributed by atoms with van der Waals surface area (Å²) in [7, 11) is 0. The Morgan fingerprint density at radius 1 is 1.75 bits per heavy atom. The molecule has 0 amide bonds. The van der Waals surface area contributed by atoms with E-state index in [1.165, 1.54) is 0 Å². The average Bonchev–Trinajstić information content (AvgIpc) is 2.42. The van der Waals surface area contributed by atoms with E-state index in [1.54, 1.807) is 10.9 Å². The van der Waals surface area contributed by atoms with Gasteiger partial charge in [0.2, 0.25) is 5.88 Å². The maximum Gasteiger partial charge on any atom is 0.228 e. The summed E-state index contributed by atoms with van der Waals surface area (Å²) in [5.74, 6) is 3.26. The molecule has 0 unspecified atom stereocenters. The van der Waals surface area contributed by atoms with Gasteiger partial charge in [-0.2, -0.15) is 5.10 Å². The highest BCUT2D eigenvalue weighted by Crippen LogP contribution is 2.30. The van der Waals surface area contributed by atoms with E-state index in [1.807, 2.05) is 13.8 Å². The van der Waals surface area contributed by atoms with Gasteiger partial charge in [-0.15, -0.1) is 6.42 Å². The Bertz CT molecular complexity index is 357. The lowest BCUT2D eigenvalue weighted by atomic mass is 10.1. The SMILES string of the molecule is C#Cc1cnn2c1OC(C)(C)C2. The molecule has 2 heterocycles. The summed E-state index contributed by atoms with van der Waals surface area (Å²) in [6.45, 7) is 4.80. The predicted molar refractivity (Wildman–Crippen MR) is 44.9 cm³/mol. The van der Waals surface area contributed by atoms with Gasteiger partial charge in [0, 0.05) is 0 Å². The number of terminal acetylenes is 1. The molecule has 0 aromatic carbocycles. The Morgan fingerprint density at radius 2 is 2.50 bits per heavy atom. The zero-order chi connectivity index (χ0) is 8.77. The van der Waals surface area contributed by atoms with Gasteiger partial charge in [0.15, 0.2) is 0 Å². The van der Waals surface area contributed by atoms with Crippen molar-refractivity contribution in [1.82, 2.24) is 9.78 Å². The fraction of sp³-hybridized carbons (Fsp3) is 0.444. The van der Waals surface area contributed by atoms with Gasteiger partial charge < -0.3 is 4.74 Å². The molecule has 3 nitrogen and oxygen atoms in total. The van der Waals surface area contributed by atoms with Crippen LogP contribution < -0.4 is 4.74 Å². The molecule has 1 aliphatic heterocycles. The number of rotatable bonds is 0. The largest absolute Gasteiger partial charge is 0.469 e. The van der Waals surface area contributed by atoms with Crippen molar-refractivity contribution in [3.05, 3.63) is 11.8 Å². The van der Waals surface area contributed by atoms with E-state index in [0.29, 0.717) is 0 Å². The minimum Gasteiger partial charge on any atom is -0.469 e. The molecule has 0 spiro atoms. The molecule has 0 aliphatic carbocycles. The number of aromatic nitrogens is 2.